The van der Waals surface area contributed by atoms with Crippen molar-refractivity contribution in [3.63, 3.8) is 0 Å². The highest BCUT2D eigenvalue weighted by atomic mass is 19.3. The van der Waals surface area contributed by atoms with Gasteiger partial charge in [0.05, 0.1) is 11.9 Å². The van der Waals surface area contributed by atoms with Crippen molar-refractivity contribution < 1.29 is 13.5 Å². The summed E-state index contributed by atoms with van der Waals surface area (Å²) in [7, 11) is 0. The van der Waals surface area contributed by atoms with Gasteiger partial charge in [0.2, 0.25) is 5.95 Å². The fraction of sp³-hybridized carbons (Fsp3) is 0.100. The Morgan fingerprint density at radius 3 is 2.59 bits per heavy atom. The largest absolute Gasteiger partial charge is 0.488 e. The first-order valence-corrected chi connectivity index (χ1v) is 8.46. The van der Waals surface area contributed by atoms with E-state index in [2.05, 4.69) is 20.5 Å². The molecular weight excluding hydrogens is 380 g/mol. The van der Waals surface area contributed by atoms with Crippen molar-refractivity contribution in [2.45, 2.75) is 6.43 Å². The van der Waals surface area contributed by atoms with Crippen LogP contribution >= 0.6 is 0 Å². The van der Waals surface area contributed by atoms with Gasteiger partial charge in [0.25, 0.3) is 12.0 Å². The third-order valence-electron chi connectivity index (χ3n) is 3.72. The molecule has 0 spiro atoms. The number of H-pyrrole nitrogens is 1. The Kier molecular flexibility index (Phi) is 6.27. The summed E-state index contributed by atoms with van der Waals surface area (Å²) in [6.07, 6.45) is -1.08. The van der Waals surface area contributed by atoms with E-state index in [4.69, 9.17) is 4.74 Å². The van der Waals surface area contributed by atoms with Crippen LogP contribution in [0.1, 0.15) is 11.1 Å². The van der Waals surface area contributed by atoms with E-state index in [1.54, 1.807) is 48.5 Å². The Bertz CT molecular complexity index is 1090. The maximum Gasteiger partial charge on any atom is 0.272 e. The van der Waals surface area contributed by atoms with E-state index in [9.17, 15) is 18.8 Å². The van der Waals surface area contributed by atoms with Crippen LogP contribution in [-0.4, -0.2) is 29.2 Å². The van der Waals surface area contributed by atoms with Gasteiger partial charge >= 0.3 is 0 Å². The Labute approximate surface area is 164 Å². The van der Waals surface area contributed by atoms with E-state index in [0.717, 1.165) is 0 Å². The number of anilines is 1. The minimum absolute atomic E-state index is 0.0704. The van der Waals surface area contributed by atoms with Crippen molar-refractivity contribution in [1.82, 2.24) is 9.97 Å². The molecule has 2 N–H and O–H groups in total. The van der Waals surface area contributed by atoms with Crippen molar-refractivity contribution in [3.8, 4) is 23.1 Å². The predicted octanol–water partition coefficient (Wildman–Crippen LogP) is 3.40. The highest BCUT2D eigenvalue weighted by Crippen LogP contribution is 2.19. The molecule has 0 aliphatic heterocycles. The quantitative estimate of drug-likeness (QED) is 0.471. The molecule has 0 radical (unpaired) electrons. The topological polar surface area (TPSA) is 103 Å². The third-order valence-corrected chi connectivity index (χ3v) is 3.72. The first-order chi connectivity index (χ1) is 14.1. The Morgan fingerprint density at radius 1 is 1.21 bits per heavy atom. The number of aromatic nitrogens is 2. The lowest BCUT2D eigenvalue weighted by atomic mass is 10.1. The summed E-state index contributed by atoms with van der Waals surface area (Å²) >= 11 is 0. The third kappa shape index (κ3) is 5.23. The van der Waals surface area contributed by atoms with Crippen molar-refractivity contribution in [2.75, 3.05) is 12.0 Å². The van der Waals surface area contributed by atoms with Crippen molar-refractivity contribution >= 4 is 12.2 Å². The molecule has 0 saturated heterocycles. The number of hydrogen-bond donors (Lipinski definition) is 2. The molecule has 0 saturated carbocycles. The highest BCUT2D eigenvalue weighted by molar-refractivity contribution is 5.80. The van der Waals surface area contributed by atoms with E-state index >= 15 is 0 Å². The summed E-state index contributed by atoms with van der Waals surface area (Å²) in [5.41, 5.74) is 3.48. The molecule has 3 aromatic rings. The second-order valence-electron chi connectivity index (χ2n) is 5.76. The Balaban J connectivity index is 1.75. The molecule has 7 nitrogen and oxygen atoms in total. The van der Waals surface area contributed by atoms with Gasteiger partial charge in [0, 0.05) is 5.56 Å². The van der Waals surface area contributed by atoms with Gasteiger partial charge in [-0.2, -0.15) is 10.4 Å². The van der Waals surface area contributed by atoms with Gasteiger partial charge < -0.3 is 4.74 Å². The molecule has 0 aliphatic carbocycles. The van der Waals surface area contributed by atoms with E-state index in [1.807, 2.05) is 12.1 Å². The number of nitriles is 1. The van der Waals surface area contributed by atoms with Gasteiger partial charge in [0.1, 0.15) is 24.0 Å². The summed E-state index contributed by atoms with van der Waals surface area (Å²) in [6.45, 7) is -0.670. The van der Waals surface area contributed by atoms with Crippen molar-refractivity contribution in [3.05, 3.63) is 76.1 Å². The normalized spacial score (nSPS) is 10.8. The van der Waals surface area contributed by atoms with E-state index in [0.29, 0.717) is 16.9 Å². The number of nitrogens with one attached hydrogen (secondary N) is 2. The smallest absolute Gasteiger partial charge is 0.272 e. The molecule has 0 fully saturated rings. The lowest BCUT2D eigenvalue weighted by Crippen LogP contribution is -2.16. The molecule has 0 bridgehead atoms. The second-order valence-corrected chi connectivity index (χ2v) is 5.76. The number of aromatic amines is 1. The molecule has 0 amide bonds. The number of nitrogens with zero attached hydrogens (tertiary/aromatic N) is 3. The van der Waals surface area contributed by atoms with Crippen LogP contribution in [0.2, 0.25) is 0 Å². The average Bonchev–Trinajstić information content (AvgIpc) is 2.73. The molecular formula is C20H15F2N5O2. The molecule has 1 aromatic heterocycles. The average molecular weight is 395 g/mol. The lowest BCUT2D eigenvalue weighted by Gasteiger charge is -2.06. The van der Waals surface area contributed by atoms with Gasteiger partial charge in [0.15, 0.2) is 0 Å². The number of hydrazone groups is 1. The maximum absolute atomic E-state index is 12.2. The predicted molar refractivity (Wildman–Crippen MR) is 104 cm³/mol. The maximum atomic E-state index is 12.2. The van der Waals surface area contributed by atoms with Crippen LogP contribution in [0.15, 0.2) is 64.5 Å². The monoisotopic (exact) mass is 395 g/mol. The number of hydrogen-bond acceptors (Lipinski definition) is 6. The summed E-state index contributed by atoms with van der Waals surface area (Å²) in [5.74, 6) is 0.391. The summed E-state index contributed by atoms with van der Waals surface area (Å²) < 4.78 is 29.2. The number of benzene rings is 2. The Hall–Kier alpha value is -4.06. The summed E-state index contributed by atoms with van der Waals surface area (Å²) in [5, 5.41) is 13.3. The molecule has 29 heavy (non-hydrogen) atoms. The minimum Gasteiger partial charge on any atom is -0.488 e. The lowest BCUT2D eigenvalue weighted by molar-refractivity contribution is 0.0819. The van der Waals surface area contributed by atoms with Gasteiger partial charge in [-0.15, -0.1) is 0 Å². The molecule has 146 valence electrons. The minimum atomic E-state index is -2.54. The Morgan fingerprint density at radius 2 is 1.93 bits per heavy atom. The number of alkyl halides is 2. The molecule has 2 aromatic carbocycles. The van der Waals surface area contributed by atoms with E-state index < -0.39 is 18.6 Å². The molecule has 0 unspecified atom stereocenters. The number of ether oxygens (including phenoxy) is 1. The van der Waals surface area contributed by atoms with Crippen LogP contribution in [0.3, 0.4) is 0 Å². The molecule has 1 heterocycles. The van der Waals surface area contributed by atoms with Gasteiger partial charge in [-0.05, 0) is 29.8 Å². The van der Waals surface area contributed by atoms with Crippen LogP contribution in [0, 0.1) is 11.3 Å². The number of halogens is 2. The van der Waals surface area contributed by atoms with Crippen molar-refractivity contribution in [1.29, 1.82) is 5.26 Å². The first kappa shape index (κ1) is 19.7. The van der Waals surface area contributed by atoms with Crippen molar-refractivity contribution in [2.24, 2.45) is 5.10 Å². The fourth-order valence-corrected chi connectivity index (χ4v) is 2.41. The zero-order valence-corrected chi connectivity index (χ0v) is 15.0. The van der Waals surface area contributed by atoms with E-state index in [1.165, 1.54) is 6.21 Å². The molecule has 3 rings (SSSR count). The fourth-order valence-electron chi connectivity index (χ4n) is 2.41. The van der Waals surface area contributed by atoms with Crippen LogP contribution in [-0.2, 0) is 0 Å². The molecule has 0 atom stereocenters. The summed E-state index contributed by atoms with van der Waals surface area (Å²) in [4.78, 5) is 18.9. The van der Waals surface area contributed by atoms with Crippen LogP contribution in [0.4, 0.5) is 14.7 Å². The highest BCUT2D eigenvalue weighted by Gasteiger charge is 2.12. The second kappa shape index (κ2) is 9.23. The number of rotatable bonds is 7. The standard InChI is InChI=1S/C20H15F2N5O2/c21-17(22)12-29-15-8-6-13(7-9-15)11-24-27-20-25-18(14-4-2-1-3-5-14)16(10-23)19(28)26-20/h1-9,11,17H,12H2,(H2,25,26,27,28). The first-order valence-electron chi connectivity index (χ1n) is 8.46. The molecule has 9 heteroatoms. The van der Waals surface area contributed by atoms with Gasteiger partial charge in [-0.1, -0.05) is 30.3 Å². The van der Waals surface area contributed by atoms with Gasteiger partial charge in [-0.3, -0.25) is 9.78 Å². The van der Waals surface area contributed by atoms with Crippen LogP contribution in [0.25, 0.3) is 11.3 Å². The zero-order chi connectivity index (χ0) is 20.6. The molecule has 0 aliphatic rings. The zero-order valence-electron chi connectivity index (χ0n) is 15.0. The van der Waals surface area contributed by atoms with Crippen LogP contribution < -0.4 is 15.7 Å². The SMILES string of the molecule is N#Cc1c(-c2ccccc2)nc(NN=Cc2ccc(OCC(F)F)cc2)[nH]c1=O. The van der Waals surface area contributed by atoms with E-state index in [-0.39, 0.29) is 17.2 Å². The summed E-state index contributed by atoms with van der Waals surface area (Å²) in [6, 6.07) is 17.1. The van der Waals surface area contributed by atoms with Crippen LogP contribution in [0.5, 0.6) is 5.75 Å². The van der Waals surface area contributed by atoms with Gasteiger partial charge in [-0.25, -0.2) is 19.2 Å².